The van der Waals surface area contributed by atoms with Gasteiger partial charge in [0.1, 0.15) is 5.82 Å². The number of nitrogen functional groups attached to an aromatic ring is 2. The number of carboxylic acids is 1. The number of aromatic nitrogens is 2. The molecule has 0 saturated heterocycles. The molecule has 3 rings (SSSR count). The number of methoxy groups -OCH3 is 2. The predicted octanol–water partition coefficient (Wildman–Crippen LogP) is 3.01. The summed E-state index contributed by atoms with van der Waals surface area (Å²) in [6.07, 6.45) is 4.72. The highest BCUT2D eigenvalue weighted by molar-refractivity contribution is 5.85. The Morgan fingerprint density at radius 1 is 1.13 bits per heavy atom. The summed E-state index contributed by atoms with van der Waals surface area (Å²) in [5, 5.41) is 8.78. The number of nitrogens with zero attached hydrogens (tertiary/aromatic N) is 2. The van der Waals surface area contributed by atoms with Gasteiger partial charge in [0.2, 0.25) is 5.95 Å². The number of rotatable bonds is 7. The number of ether oxygens (including phenoxy) is 2. The van der Waals surface area contributed by atoms with Crippen molar-refractivity contribution in [3.05, 3.63) is 65.4 Å². The van der Waals surface area contributed by atoms with Crippen molar-refractivity contribution < 1.29 is 19.4 Å². The van der Waals surface area contributed by atoms with Crippen LogP contribution in [0.25, 0.3) is 17.2 Å². The second-order valence-electron chi connectivity index (χ2n) is 6.49. The monoisotopic (exact) mass is 406 g/mol. The molecule has 0 aliphatic heterocycles. The highest BCUT2D eigenvalue weighted by Crippen LogP contribution is 2.40. The second-order valence-corrected chi connectivity index (χ2v) is 6.49. The fourth-order valence-electron chi connectivity index (χ4n) is 3.07. The van der Waals surface area contributed by atoms with Crippen molar-refractivity contribution in [3.63, 3.8) is 0 Å². The van der Waals surface area contributed by atoms with Crippen LogP contribution >= 0.6 is 0 Å². The molecule has 0 unspecified atom stereocenters. The molecule has 1 aromatic heterocycles. The quantitative estimate of drug-likeness (QED) is 0.510. The van der Waals surface area contributed by atoms with E-state index in [0.29, 0.717) is 23.7 Å². The first-order chi connectivity index (χ1) is 14.4. The number of benzene rings is 2. The molecule has 0 amide bonds. The number of aliphatic carboxylic acids is 1. The van der Waals surface area contributed by atoms with Crippen LogP contribution in [-0.4, -0.2) is 35.3 Å². The average molecular weight is 406 g/mol. The summed E-state index contributed by atoms with van der Waals surface area (Å²) in [4.78, 5) is 18.7. The third-order valence-corrected chi connectivity index (χ3v) is 4.49. The van der Waals surface area contributed by atoms with E-state index in [2.05, 4.69) is 9.97 Å². The summed E-state index contributed by atoms with van der Waals surface area (Å²) in [5.41, 5.74) is 15.7. The van der Waals surface area contributed by atoms with E-state index in [9.17, 15) is 4.79 Å². The van der Waals surface area contributed by atoms with Crippen molar-refractivity contribution in [2.75, 3.05) is 25.7 Å². The molecule has 0 saturated carbocycles. The lowest BCUT2D eigenvalue weighted by Crippen LogP contribution is -2.04. The Balaban J connectivity index is 2.02. The minimum absolute atomic E-state index is 0.126. The van der Waals surface area contributed by atoms with E-state index < -0.39 is 5.97 Å². The Hall–Kier alpha value is -4.07. The van der Waals surface area contributed by atoms with Crippen LogP contribution in [0, 0.1) is 0 Å². The van der Waals surface area contributed by atoms with Crippen LogP contribution in [0.15, 0.2) is 48.7 Å². The van der Waals surface area contributed by atoms with Crippen LogP contribution in [0.1, 0.15) is 16.7 Å². The molecule has 5 N–H and O–H groups in total. The summed E-state index contributed by atoms with van der Waals surface area (Å²) < 4.78 is 11.1. The second kappa shape index (κ2) is 8.95. The van der Waals surface area contributed by atoms with Gasteiger partial charge in [-0.05, 0) is 34.9 Å². The first-order valence-electron chi connectivity index (χ1n) is 9.04. The summed E-state index contributed by atoms with van der Waals surface area (Å²) >= 11 is 0. The van der Waals surface area contributed by atoms with Crippen LogP contribution in [0.5, 0.6) is 11.5 Å². The predicted molar refractivity (Wildman–Crippen MR) is 115 cm³/mol. The van der Waals surface area contributed by atoms with Gasteiger partial charge in [-0.3, -0.25) is 0 Å². The van der Waals surface area contributed by atoms with Crippen molar-refractivity contribution in [1.29, 1.82) is 0 Å². The van der Waals surface area contributed by atoms with Crippen LogP contribution in [0.2, 0.25) is 0 Å². The lowest BCUT2D eigenvalue weighted by molar-refractivity contribution is -0.131. The molecule has 0 bridgehead atoms. The first-order valence-corrected chi connectivity index (χ1v) is 9.04. The van der Waals surface area contributed by atoms with E-state index >= 15 is 0 Å². The molecular formula is C22H22N4O4. The SMILES string of the molecule is COc1cc(Cc2cnc(N)nc2N)cc(-c2ccc(C=CC(=O)O)cc2)c1OC. The van der Waals surface area contributed by atoms with E-state index in [-0.39, 0.29) is 5.95 Å². The number of hydrogen-bond donors (Lipinski definition) is 3. The Morgan fingerprint density at radius 2 is 1.87 bits per heavy atom. The fraction of sp³-hybridized carbons (Fsp3) is 0.136. The van der Waals surface area contributed by atoms with Gasteiger partial charge in [0.05, 0.1) is 14.2 Å². The fourth-order valence-corrected chi connectivity index (χ4v) is 3.07. The van der Waals surface area contributed by atoms with Gasteiger partial charge >= 0.3 is 5.97 Å². The minimum atomic E-state index is -0.996. The van der Waals surface area contributed by atoms with Crippen molar-refractivity contribution in [2.24, 2.45) is 0 Å². The topological polar surface area (TPSA) is 134 Å². The average Bonchev–Trinajstić information content (AvgIpc) is 2.74. The molecule has 8 heteroatoms. The summed E-state index contributed by atoms with van der Waals surface area (Å²) in [6, 6.07) is 11.3. The van der Waals surface area contributed by atoms with Gasteiger partial charge in [-0.1, -0.05) is 24.3 Å². The summed E-state index contributed by atoms with van der Waals surface area (Å²) in [6.45, 7) is 0. The molecule has 2 aromatic carbocycles. The van der Waals surface area contributed by atoms with Gasteiger partial charge < -0.3 is 26.0 Å². The molecule has 0 spiro atoms. The Labute approximate surface area is 173 Å². The molecule has 0 atom stereocenters. The van der Waals surface area contributed by atoms with Crippen LogP contribution in [-0.2, 0) is 11.2 Å². The minimum Gasteiger partial charge on any atom is -0.493 e. The van der Waals surface area contributed by atoms with Gasteiger partial charge in [0.25, 0.3) is 0 Å². The zero-order valence-electron chi connectivity index (χ0n) is 16.6. The van der Waals surface area contributed by atoms with Gasteiger partial charge in [-0.15, -0.1) is 0 Å². The maximum Gasteiger partial charge on any atom is 0.328 e. The first kappa shape index (κ1) is 20.7. The van der Waals surface area contributed by atoms with E-state index in [1.54, 1.807) is 20.4 Å². The molecule has 154 valence electrons. The highest BCUT2D eigenvalue weighted by Gasteiger charge is 2.15. The molecule has 0 fully saturated rings. The standard InChI is InChI=1S/C22H22N4O4/c1-29-18-11-14(9-16-12-25-22(24)26-21(16)23)10-17(20(18)30-2)15-6-3-13(4-7-15)5-8-19(27)28/h3-8,10-12H,9H2,1-2H3,(H,27,28)(H4,23,24,25,26). The van der Waals surface area contributed by atoms with Crippen molar-refractivity contribution in [1.82, 2.24) is 9.97 Å². The molecule has 30 heavy (non-hydrogen) atoms. The maximum absolute atomic E-state index is 10.7. The summed E-state index contributed by atoms with van der Waals surface area (Å²) in [7, 11) is 3.16. The zero-order valence-corrected chi connectivity index (χ0v) is 16.6. The maximum atomic E-state index is 10.7. The summed E-state index contributed by atoms with van der Waals surface area (Å²) in [5.74, 6) is 0.630. The third kappa shape index (κ3) is 4.67. The van der Waals surface area contributed by atoms with Gasteiger partial charge in [-0.25, -0.2) is 9.78 Å². The molecule has 8 nitrogen and oxygen atoms in total. The van der Waals surface area contributed by atoms with Crippen LogP contribution in [0.3, 0.4) is 0 Å². The highest BCUT2D eigenvalue weighted by atomic mass is 16.5. The van der Waals surface area contributed by atoms with Crippen molar-refractivity contribution in [3.8, 4) is 22.6 Å². The van der Waals surface area contributed by atoms with Gasteiger partial charge in [0, 0.05) is 29.8 Å². The van der Waals surface area contributed by atoms with Gasteiger partial charge in [0.15, 0.2) is 11.5 Å². The van der Waals surface area contributed by atoms with Crippen molar-refractivity contribution >= 4 is 23.8 Å². The Morgan fingerprint density at radius 3 is 2.47 bits per heavy atom. The number of carbonyl (C=O) groups is 1. The lowest BCUT2D eigenvalue weighted by Gasteiger charge is -2.16. The molecule has 3 aromatic rings. The van der Waals surface area contributed by atoms with Crippen molar-refractivity contribution in [2.45, 2.75) is 6.42 Å². The molecule has 0 radical (unpaired) electrons. The molecule has 0 aliphatic rings. The van der Waals surface area contributed by atoms with E-state index in [0.717, 1.165) is 33.9 Å². The lowest BCUT2D eigenvalue weighted by atomic mass is 9.97. The van der Waals surface area contributed by atoms with E-state index in [4.69, 9.17) is 26.0 Å². The van der Waals surface area contributed by atoms with E-state index in [1.807, 2.05) is 36.4 Å². The number of anilines is 2. The largest absolute Gasteiger partial charge is 0.493 e. The molecule has 1 heterocycles. The van der Waals surface area contributed by atoms with Crippen LogP contribution < -0.4 is 20.9 Å². The normalized spacial score (nSPS) is 10.9. The number of nitrogens with two attached hydrogens (primary N) is 2. The molecule has 0 aliphatic carbocycles. The number of hydrogen-bond acceptors (Lipinski definition) is 7. The number of carboxylic acid groups (broad SMARTS) is 1. The van der Waals surface area contributed by atoms with Crippen LogP contribution in [0.4, 0.5) is 11.8 Å². The van der Waals surface area contributed by atoms with E-state index in [1.165, 1.54) is 6.08 Å². The molecular weight excluding hydrogens is 384 g/mol. The smallest absolute Gasteiger partial charge is 0.328 e. The third-order valence-electron chi connectivity index (χ3n) is 4.49. The zero-order chi connectivity index (χ0) is 21.7. The Kier molecular flexibility index (Phi) is 6.17. The Bertz CT molecular complexity index is 1100. The van der Waals surface area contributed by atoms with Gasteiger partial charge in [-0.2, -0.15) is 4.98 Å².